The Morgan fingerprint density at radius 3 is 1.54 bits per heavy atom. The molecule has 0 atom stereocenters. The average Bonchev–Trinajstić information content (AvgIpc) is 2.79. The second kappa shape index (κ2) is 6.78. The zero-order valence-corrected chi connectivity index (χ0v) is 16.2. The minimum atomic E-state index is -3.03. The summed E-state index contributed by atoms with van der Waals surface area (Å²) in [5, 5.41) is 7.13. The maximum absolute atomic E-state index is 14.9. The lowest BCUT2D eigenvalue weighted by Crippen LogP contribution is -2.25. The molecule has 0 radical (unpaired) electrons. The van der Waals surface area contributed by atoms with Crippen molar-refractivity contribution in [1.29, 1.82) is 0 Å². The third-order valence-corrected chi connectivity index (χ3v) is 8.42. The summed E-state index contributed by atoms with van der Waals surface area (Å²) in [5.74, 6) is 0. The van der Waals surface area contributed by atoms with Crippen molar-refractivity contribution >= 4 is 44.6 Å². The zero-order valence-electron chi connectivity index (χ0n) is 15.3. The summed E-state index contributed by atoms with van der Waals surface area (Å²) in [5.41, 5.74) is 0. The fourth-order valence-electron chi connectivity index (χ4n) is 4.00. The Balaban J connectivity index is 1.96. The van der Waals surface area contributed by atoms with Crippen LogP contribution in [-0.4, -0.2) is 0 Å². The largest absolute Gasteiger partial charge is 0.309 e. The smallest absolute Gasteiger partial charge is 0.171 e. The Bertz CT molecular complexity index is 1280. The van der Waals surface area contributed by atoms with Gasteiger partial charge in [0.15, 0.2) is 7.14 Å². The highest BCUT2D eigenvalue weighted by atomic mass is 31.2. The standard InChI is InChI=1S/C26H19OP/c27-28(21-12-3-1-4-13-21,22-14-5-2-6-15-22)26-19-20-11-7-8-16-23(20)24-17-9-10-18-25(24)26/h1-19H. The van der Waals surface area contributed by atoms with Crippen molar-refractivity contribution in [2.75, 3.05) is 0 Å². The maximum atomic E-state index is 14.9. The predicted octanol–water partition coefficient (Wildman–Crippen LogP) is 5.63. The Hall–Kier alpha value is -3.15. The van der Waals surface area contributed by atoms with Crippen molar-refractivity contribution in [2.45, 2.75) is 0 Å². The van der Waals surface area contributed by atoms with Gasteiger partial charge in [0.2, 0.25) is 0 Å². The molecule has 0 saturated heterocycles. The molecule has 0 aromatic heterocycles. The summed E-state index contributed by atoms with van der Waals surface area (Å²) < 4.78 is 14.9. The molecule has 0 aliphatic rings. The van der Waals surface area contributed by atoms with E-state index in [1.165, 1.54) is 5.39 Å². The molecular formula is C26H19OP. The summed E-state index contributed by atoms with van der Waals surface area (Å²) in [7, 11) is -3.03. The SMILES string of the molecule is O=P(c1ccccc1)(c1ccccc1)c1cc2ccccc2c2ccccc12. The van der Waals surface area contributed by atoms with Crippen LogP contribution < -0.4 is 15.9 Å². The molecule has 28 heavy (non-hydrogen) atoms. The van der Waals surface area contributed by atoms with Crippen LogP contribution in [0.25, 0.3) is 21.5 Å². The quantitative estimate of drug-likeness (QED) is 0.294. The zero-order chi connectivity index (χ0) is 19.0. The number of fused-ring (bicyclic) bond motifs is 3. The minimum absolute atomic E-state index is 0.863. The van der Waals surface area contributed by atoms with Gasteiger partial charge in [-0.25, -0.2) is 0 Å². The van der Waals surface area contributed by atoms with E-state index >= 15 is 0 Å². The number of hydrogen-bond donors (Lipinski definition) is 0. The van der Waals surface area contributed by atoms with E-state index in [-0.39, 0.29) is 0 Å². The van der Waals surface area contributed by atoms with Crippen LogP contribution in [0, 0.1) is 0 Å². The third-order valence-electron chi connectivity index (χ3n) is 5.33. The first-order valence-corrected chi connectivity index (χ1v) is 11.1. The fourth-order valence-corrected chi connectivity index (χ4v) is 6.89. The van der Waals surface area contributed by atoms with E-state index < -0.39 is 7.14 Å². The molecule has 134 valence electrons. The van der Waals surface area contributed by atoms with Gasteiger partial charge in [-0.3, -0.25) is 0 Å². The molecule has 0 spiro atoms. The molecule has 0 fully saturated rings. The van der Waals surface area contributed by atoms with E-state index in [1.54, 1.807) is 0 Å². The van der Waals surface area contributed by atoms with Crippen LogP contribution in [0.3, 0.4) is 0 Å². The van der Waals surface area contributed by atoms with Gasteiger partial charge >= 0.3 is 0 Å². The molecule has 0 aliphatic carbocycles. The van der Waals surface area contributed by atoms with Crippen LogP contribution >= 0.6 is 7.14 Å². The molecule has 5 aromatic carbocycles. The first-order valence-electron chi connectivity index (χ1n) is 9.41. The molecule has 0 unspecified atom stereocenters. The topological polar surface area (TPSA) is 17.1 Å². The molecule has 0 heterocycles. The maximum Gasteiger partial charge on any atom is 0.171 e. The molecule has 5 rings (SSSR count). The predicted molar refractivity (Wildman–Crippen MR) is 121 cm³/mol. The Labute approximate surface area is 164 Å². The molecular weight excluding hydrogens is 359 g/mol. The van der Waals surface area contributed by atoms with Crippen molar-refractivity contribution in [3.8, 4) is 0 Å². The van der Waals surface area contributed by atoms with Crippen molar-refractivity contribution in [1.82, 2.24) is 0 Å². The second-order valence-corrected chi connectivity index (χ2v) is 9.68. The van der Waals surface area contributed by atoms with Crippen molar-refractivity contribution < 1.29 is 4.57 Å². The van der Waals surface area contributed by atoms with Crippen LogP contribution in [-0.2, 0) is 4.57 Å². The van der Waals surface area contributed by atoms with Crippen LogP contribution in [0.2, 0.25) is 0 Å². The lowest BCUT2D eigenvalue weighted by molar-refractivity contribution is 0.592. The monoisotopic (exact) mass is 378 g/mol. The van der Waals surface area contributed by atoms with Crippen LogP contribution in [0.5, 0.6) is 0 Å². The summed E-state index contributed by atoms with van der Waals surface area (Å²) in [4.78, 5) is 0. The van der Waals surface area contributed by atoms with Gasteiger partial charge in [-0.1, -0.05) is 109 Å². The van der Waals surface area contributed by atoms with Gasteiger partial charge in [-0.05, 0) is 27.6 Å². The number of rotatable bonds is 3. The van der Waals surface area contributed by atoms with Crippen molar-refractivity contribution in [2.24, 2.45) is 0 Å². The molecule has 0 aliphatic heterocycles. The van der Waals surface area contributed by atoms with Gasteiger partial charge < -0.3 is 4.57 Å². The lowest BCUT2D eigenvalue weighted by atomic mass is 10.0. The number of hydrogen-bond acceptors (Lipinski definition) is 1. The van der Waals surface area contributed by atoms with E-state index in [0.717, 1.165) is 32.1 Å². The highest BCUT2D eigenvalue weighted by Gasteiger charge is 2.31. The molecule has 1 nitrogen and oxygen atoms in total. The van der Waals surface area contributed by atoms with Crippen molar-refractivity contribution in [3.63, 3.8) is 0 Å². The normalized spacial score (nSPS) is 11.7. The summed E-state index contributed by atoms with van der Waals surface area (Å²) in [6, 6.07) is 38.5. The first-order chi connectivity index (χ1) is 13.8. The van der Waals surface area contributed by atoms with Gasteiger partial charge in [0.25, 0.3) is 0 Å². The summed E-state index contributed by atoms with van der Waals surface area (Å²) in [6.45, 7) is 0. The van der Waals surface area contributed by atoms with Gasteiger partial charge in [0, 0.05) is 15.9 Å². The average molecular weight is 378 g/mol. The molecule has 0 saturated carbocycles. The summed E-state index contributed by atoms with van der Waals surface area (Å²) in [6.07, 6.45) is 0. The molecule has 5 aromatic rings. The fraction of sp³-hybridized carbons (Fsp3) is 0. The Morgan fingerprint density at radius 1 is 0.464 bits per heavy atom. The van der Waals surface area contributed by atoms with E-state index in [0.29, 0.717) is 0 Å². The van der Waals surface area contributed by atoms with Gasteiger partial charge in [0.1, 0.15) is 0 Å². The van der Waals surface area contributed by atoms with Crippen LogP contribution in [0.1, 0.15) is 0 Å². The van der Waals surface area contributed by atoms with E-state index in [4.69, 9.17) is 0 Å². The van der Waals surface area contributed by atoms with Gasteiger partial charge in [0.05, 0.1) is 0 Å². The molecule has 0 N–H and O–H groups in total. The highest BCUT2D eigenvalue weighted by Crippen LogP contribution is 2.45. The van der Waals surface area contributed by atoms with E-state index in [1.807, 2.05) is 72.8 Å². The van der Waals surface area contributed by atoms with E-state index in [2.05, 4.69) is 42.5 Å². The van der Waals surface area contributed by atoms with Gasteiger partial charge in [-0.15, -0.1) is 0 Å². The van der Waals surface area contributed by atoms with Crippen molar-refractivity contribution in [3.05, 3.63) is 115 Å². The Morgan fingerprint density at radius 2 is 0.929 bits per heavy atom. The molecule has 2 heteroatoms. The van der Waals surface area contributed by atoms with E-state index in [9.17, 15) is 4.57 Å². The highest BCUT2D eigenvalue weighted by molar-refractivity contribution is 7.85. The number of benzene rings is 5. The lowest BCUT2D eigenvalue weighted by Gasteiger charge is -2.22. The third kappa shape index (κ3) is 2.59. The van der Waals surface area contributed by atoms with Crippen LogP contribution in [0.4, 0.5) is 0 Å². The van der Waals surface area contributed by atoms with Crippen LogP contribution in [0.15, 0.2) is 115 Å². The second-order valence-electron chi connectivity index (χ2n) is 6.94. The first kappa shape index (κ1) is 17.0. The minimum Gasteiger partial charge on any atom is -0.309 e. The molecule has 0 amide bonds. The Kier molecular flexibility index (Phi) is 4.11. The summed E-state index contributed by atoms with van der Waals surface area (Å²) >= 11 is 0. The van der Waals surface area contributed by atoms with Gasteiger partial charge in [-0.2, -0.15) is 0 Å². The molecule has 0 bridgehead atoms.